The average molecular weight is 266 g/mol. The van der Waals surface area contributed by atoms with Crippen LogP contribution >= 0.6 is 0 Å². The second-order valence-corrected chi connectivity index (χ2v) is 5.45. The van der Waals surface area contributed by atoms with Crippen LogP contribution < -0.4 is 0 Å². The molecule has 104 valence electrons. The summed E-state index contributed by atoms with van der Waals surface area (Å²) in [7, 11) is 0. The highest BCUT2D eigenvalue weighted by atomic mass is 16.4. The molecule has 1 aliphatic rings. The van der Waals surface area contributed by atoms with E-state index in [1.807, 2.05) is 0 Å². The monoisotopic (exact) mass is 266 g/mol. The van der Waals surface area contributed by atoms with Crippen molar-refractivity contribution in [1.82, 2.24) is 20.1 Å². The maximum absolute atomic E-state index is 12.1. The number of carboxylic acids is 1. The van der Waals surface area contributed by atoms with Crippen molar-refractivity contribution in [3.8, 4) is 0 Å². The highest BCUT2D eigenvalue weighted by molar-refractivity contribution is 5.90. The summed E-state index contributed by atoms with van der Waals surface area (Å²) in [5.74, 6) is -0.894. The molecular weight excluding hydrogens is 248 g/mol. The number of amides is 1. The maximum atomic E-state index is 12.1. The van der Waals surface area contributed by atoms with Gasteiger partial charge >= 0.3 is 5.97 Å². The normalized spacial score (nSPS) is 20.3. The number of carboxylic acid groups (broad SMARTS) is 1. The molecular formula is C12H18N4O3. The van der Waals surface area contributed by atoms with Gasteiger partial charge in [0.15, 0.2) is 0 Å². The Bertz CT molecular complexity index is 469. The molecule has 0 aliphatic carbocycles. The van der Waals surface area contributed by atoms with Crippen LogP contribution in [0.25, 0.3) is 0 Å². The Morgan fingerprint density at radius 2 is 2.26 bits per heavy atom. The van der Waals surface area contributed by atoms with Crippen LogP contribution in [0.4, 0.5) is 0 Å². The van der Waals surface area contributed by atoms with Gasteiger partial charge < -0.3 is 10.0 Å². The number of aliphatic carboxylic acids is 1. The molecule has 0 bridgehead atoms. The van der Waals surface area contributed by atoms with Crippen LogP contribution in [-0.2, 0) is 4.79 Å². The quantitative estimate of drug-likeness (QED) is 0.841. The second-order valence-electron chi connectivity index (χ2n) is 5.45. The first-order chi connectivity index (χ1) is 8.93. The minimum Gasteiger partial charge on any atom is -0.481 e. The van der Waals surface area contributed by atoms with Crippen molar-refractivity contribution < 1.29 is 14.7 Å². The lowest BCUT2D eigenvalue weighted by Gasteiger charge is -2.38. The molecule has 1 unspecified atom stereocenters. The first-order valence-electron chi connectivity index (χ1n) is 6.31. The van der Waals surface area contributed by atoms with Gasteiger partial charge in [0.2, 0.25) is 5.82 Å². The molecule has 2 N–H and O–H groups in total. The molecule has 2 rings (SSSR count). The summed E-state index contributed by atoms with van der Waals surface area (Å²) >= 11 is 0. The number of piperidine rings is 1. The molecule has 1 atom stereocenters. The fraction of sp³-hybridized carbons (Fsp3) is 0.667. The number of hydrogen-bond donors (Lipinski definition) is 2. The highest BCUT2D eigenvalue weighted by Crippen LogP contribution is 2.34. The number of carbonyl (C=O) groups is 2. The van der Waals surface area contributed by atoms with Crippen molar-refractivity contribution in [1.29, 1.82) is 0 Å². The van der Waals surface area contributed by atoms with E-state index in [-0.39, 0.29) is 17.6 Å². The van der Waals surface area contributed by atoms with Gasteiger partial charge in [0.1, 0.15) is 6.33 Å². The van der Waals surface area contributed by atoms with E-state index in [9.17, 15) is 14.7 Å². The lowest BCUT2D eigenvalue weighted by Crippen LogP contribution is -2.47. The smallest absolute Gasteiger partial charge is 0.309 e. The van der Waals surface area contributed by atoms with E-state index >= 15 is 0 Å². The SMILES string of the molecule is CC(C)(C(=O)O)C1CCCN(C(=O)c2ncn[nH]2)C1. The van der Waals surface area contributed by atoms with Crippen LogP contribution in [0.1, 0.15) is 37.3 Å². The maximum Gasteiger partial charge on any atom is 0.309 e. The summed E-state index contributed by atoms with van der Waals surface area (Å²) in [6, 6.07) is 0. The zero-order valence-electron chi connectivity index (χ0n) is 11.1. The topological polar surface area (TPSA) is 99.2 Å². The Kier molecular flexibility index (Phi) is 3.55. The van der Waals surface area contributed by atoms with Gasteiger partial charge in [-0.15, -0.1) is 0 Å². The molecule has 0 spiro atoms. The molecule has 1 fully saturated rings. The van der Waals surface area contributed by atoms with Crippen LogP contribution in [0.5, 0.6) is 0 Å². The van der Waals surface area contributed by atoms with Gasteiger partial charge in [0.25, 0.3) is 5.91 Å². The number of H-pyrrole nitrogens is 1. The van der Waals surface area contributed by atoms with Gasteiger partial charge in [-0.25, -0.2) is 4.98 Å². The Morgan fingerprint density at radius 1 is 1.53 bits per heavy atom. The van der Waals surface area contributed by atoms with Gasteiger partial charge in [0.05, 0.1) is 5.41 Å². The Hall–Kier alpha value is -1.92. The third kappa shape index (κ3) is 2.59. The molecule has 2 heterocycles. The molecule has 1 aliphatic heterocycles. The number of carbonyl (C=O) groups excluding carboxylic acids is 1. The molecule has 1 amide bonds. The zero-order chi connectivity index (χ0) is 14.0. The van der Waals surface area contributed by atoms with Crippen molar-refractivity contribution in [2.45, 2.75) is 26.7 Å². The average Bonchev–Trinajstić information content (AvgIpc) is 2.91. The van der Waals surface area contributed by atoms with Gasteiger partial charge in [0, 0.05) is 13.1 Å². The van der Waals surface area contributed by atoms with Crippen molar-refractivity contribution in [3.05, 3.63) is 12.2 Å². The Labute approximate surface area is 111 Å². The van der Waals surface area contributed by atoms with Gasteiger partial charge in [-0.2, -0.15) is 5.10 Å². The number of aromatic nitrogens is 3. The largest absolute Gasteiger partial charge is 0.481 e. The van der Waals surface area contributed by atoms with Crippen LogP contribution in [-0.4, -0.2) is 50.2 Å². The van der Waals surface area contributed by atoms with Crippen molar-refractivity contribution in [2.75, 3.05) is 13.1 Å². The predicted octanol–water partition coefficient (Wildman–Crippen LogP) is 0.768. The van der Waals surface area contributed by atoms with E-state index in [4.69, 9.17) is 0 Å². The lowest BCUT2D eigenvalue weighted by atomic mass is 9.74. The number of rotatable bonds is 3. The van der Waals surface area contributed by atoms with Gasteiger partial charge in [-0.1, -0.05) is 0 Å². The van der Waals surface area contributed by atoms with E-state index in [0.717, 1.165) is 12.8 Å². The van der Waals surface area contributed by atoms with E-state index in [1.54, 1.807) is 18.7 Å². The molecule has 7 nitrogen and oxygen atoms in total. The van der Waals surface area contributed by atoms with Crippen molar-refractivity contribution >= 4 is 11.9 Å². The Morgan fingerprint density at radius 3 is 2.84 bits per heavy atom. The van der Waals surface area contributed by atoms with Crippen LogP contribution in [0, 0.1) is 11.3 Å². The third-order valence-electron chi connectivity index (χ3n) is 3.90. The first-order valence-corrected chi connectivity index (χ1v) is 6.31. The summed E-state index contributed by atoms with van der Waals surface area (Å²) in [6.45, 7) is 4.50. The molecule has 7 heteroatoms. The second kappa shape index (κ2) is 4.99. The summed E-state index contributed by atoms with van der Waals surface area (Å²) in [5, 5.41) is 15.5. The summed E-state index contributed by atoms with van der Waals surface area (Å²) in [5.41, 5.74) is -0.833. The minimum atomic E-state index is -0.833. The summed E-state index contributed by atoms with van der Waals surface area (Å²) in [6.07, 6.45) is 2.91. The lowest BCUT2D eigenvalue weighted by molar-refractivity contribution is -0.151. The fourth-order valence-corrected chi connectivity index (χ4v) is 2.38. The molecule has 1 saturated heterocycles. The third-order valence-corrected chi connectivity index (χ3v) is 3.90. The molecule has 1 aromatic heterocycles. The van der Waals surface area contributed by atoms with Gasteiger partial charge in [-0.3, -0.25) is 14.7 Å². The molecule has 0 aromatic carbocycles. The summed E-state index contributed by atoms with van der Waals surface area (Å²) in [4.78, 5) is 28.9. The van der Waals surface area contributed by atoms with Crippen LogP contribution in [0.15, 0.2) is 6.33 Å². The first kappa shape index (κ1) is 13.5. The molecule has 19 heavy (non-hydrogen) atoms. The molecule has 0 saturated carbocycles. The van der Waals surface area contributed by atoms with E-state index < -0.39 is 11.4 Å². The standard InChI is InChI=1S/C12H18N4O3/c1-12(2,11(18)19)8-4-3-5-16(6-8)10(17)9-13-7-14-15-9/h7-8H,3-6H2,1-2H3,(H,18,19)(H,13,14,15). The number of aromatic amines is 1. The minimum absolute atomic E-state index is 0.0504. The number of hydrogen-bond acceptors (Lipinski definition) is 4. The Balaban J connectivity index is 2.09. The van der Waals surface area contributed by atoms with E-state index in [0.29, 0.717) is 13.1 Å². The predicted molar refractivity (Wildman–Crippen MR) is 66.4 cm³/mol. The fourth-order valence-electron chi connectivity index (χ4n) is 2.38. The zero-order valence-corrected chi connectivity index (χ0v) is 11.1. The van der Waals surface area contributed by atoms with Crippen molar-refractivity contribution in [2.24, 2.45) is 11.3 Å². The number of nitrogens with zero attached hydrogens (tertiary/aromatic N) is 3. The van der Waals surface area contributed by atoms with Crippen molar-refractivity contribution in [3.63, 3.8) is 0 Å². The van der Waals surface area contributed by atoms with Crippen LogP contribution in [0.2, 0.25) is 0 Å². The molecule has 1 aromatic rings. The summed E-state index contributed by atoms with van der Waals surface area (Å²) < 4.78 is 0. The van der Waals surface area contributed by atoms with Gasteiger partial charge in [-0.05, 0) is 32.6 Å². The van der Waals surface area contributed by atoms with Crippen LogP contribution in [0.3, 0.4) is 0 Å². The highest BCUT2D eigenvalue weighted by Gasteiger charge is 2.40. The van der Waals surface area contributed by atoms with E-state index in [1.165, 1.54) is 6.33 Å². The number of likely N-dealkylation sites (tertiary alicyclic amines) is 1. The van der Waals surface area contributed by atoms with E-state index in [2.05, 4.69) is 15.2 Å². The number of nitrogens with one attached hydrogen (secondary N) is 1. The molecule has 0 radical (unpaired) electrons.